The summed E-state index contributed by atoms with van der Waals surface area (Å²) < 4.78 is 40.8. The molecular formula is C11H7F3N2O. The summed E-state index contributed by atoms with van der Waals surface area (Å²) in [6.45, 7) is 3.57. The van der Waals surface area contributed by atoms with Crippen LogP contribution in [-0.4, -0.2) is 10.1 Å². The lowest BCUT2D eigenvalue weighted by Crippen LogP contribution is -2.04. The van der Waals surface area contributed by atoms with Crippen LogP contribution in [0.15, 0.2) is 35.4 Å². The highest BCUT2D eigenvalue weighted by molar-refractivity contribution is 5.58. The van der Waals surface area contributed by atoms with E-state index in [4.69, 9.17) is 0 Å². The van der Waals surface area contributed by atoms with Gasteiger partial charge in [-0.25, -0.2) is 0 Å². The Bertz CT molecular complexity index is 528. The number of benzene rings is 1. The maximum atomic E-state index is 12.2. The molecule has 1 heterocycles. The standard InChI is InChI=1S/C11H7F3N2O/c1-2-7-3-5-8(6-4-7)9-15-10(17-16-9)11(12,13)14/h2-6H,1H2. The van der Waals surface area contributed by atoms with Gasteiger partial charge in [-0.15, -0.1) is 0 Å². The fourth-order valence-electron chi connectivity index (χ4n) is 1.22. The molecule has 6 heteroatoms. The Morgan fingerprint density at radius 2 is 1.82 bits per heavy atom. The van der Waals surface area contributed by atoms with Crippen molar-refractivity contribution in [3.05, 3.63) is 42.3 Å². The zero-order valence-electron chi connectivity index (χ0n) is 8.53. The van der Waals surface area contributed by atoms with Crippen molar-refractivity contribution in [1.29, 1.82) is 0 Å². The summed E-state index contributed by atoms with van der Waals surface area (Å²) in [5, 5.41) is 3.28. The number of hydrogen-bond acceptors (Lipinski definition) is 3. The minimum Gasteiger partial charge on any atom is -0.329 e. The minimum atomic E-state index is -4.62. The van der Waals surface area contributed by atoms with E-state index in [9.17, 15) is 13.2 Å². The summed E-state index contributed by atoms with van der Waals surface area (Å²) in [6, 6.07) is 6.60. The summed E-state index contributed by atoms with van der Waals surface area (Å²) in [7, 11) is 0. The zero-order chi connectivity index (χ0) is 12.5. The monoisotopic (exact) mass is 240 g/mol. The molecule has 0 radical (unpaired) electrons. The molecule has 0 fully saturated rings. The van der Waals surface area contributed by atoms with Gasteiger partial charge in [0.15, 0.2) is 0 Å². The number of nitrogens with zero attached hydrogens (tertiary/aromatic N) is 2. The predicted molar refractivity (Wildman–Crippen MR) is 54.8 cm³/mol. The summed E-state index contributed by atoms with van der Waals surface area (Å²) in [4.78, 5) is 3.28. The number of alkyl halides is 3. The molecule has 1 aromatic heterocycles. The lowest BCUT2D eigenvalue weighted by atomic mass is 10.1. The molecule has 0 unspecified atom stereocenters. The highest BCUT2D eigenvalue weighted by Gasteiger charge is 2.38. The summed E-state index contributed by atoms with van der Waals surface area (Å²) in [6.07, 6.45) is -2.99. The van der Waals surface area contributed by atoms with Crippen molar-refractivity contribution >= 4 is 6.08 Å². The molecule has 88 valence electrons. The molecule has 17 heavy (non-hydrogen) atoms. The van der Waals surface area contributed by atoms with Crippen molar-refractivity contribution in [2.24, 2.45) is 0 Å². The Labute approximate surface area is 94.6 Å². The average molecular weight is 240 g/mol. The van der Waals surface area contributed by atoms with E-state index < -0.39 is 12.1 Å². The maximum Gasteiger partial charge on any atom is 0.471 e. The van der Waals surface area contributed by atoms with Gasteiger partial charge >= 0.3 is 12.1 Å². The van der Waals surface area contributed by atoms with Crippen molar-refractivity contribution in [2.45, 2.75) is 6.18 Å². The van der Waals surface area contributed by atoms with E-state index in [1.807, 2.05) is 0 Å². The topological polar surface area (TPSA) is 38.9 Å². The number of halogens is 3. The van der Waals surface area contributed by atoms with Crippen LogP contribution in [0.2, 0.25) is 0 Å². The molecule has 0 saturated carbocycles. The summed E-state index contributed by atoms with van der Waals surface area (Å²) in [5.41, 5.74) is 1.31. The van der Waals surface area contributed by atoms with Crippen LogP contribution in [0.1, 0.15) is 11.5 Å². The van der Waals surface area contributed by atoms with Gasteiger partial charge in [0.2, 0.25) is 5.82 Å². The van der Waals surface area contributed by atoms with Gasteiger partial charge in [0, 0.05) is 5.56 Å². The van der Waals surface area contributed by atoms with Crippen molar-refractivity contribution < 1.29 is 17.7 Å². The quantitative estimate of drug-likeness (QED) is 0.807. The first kappa shape index (κ1) is 11.4. The Morgan fingerprint density at radius 1 is 1.18 bits per heavy atom. The van der Waals surface area contributed by atoms with Gasteiger partial charge in [-0.2, -0.15) is 18.2 Å². The van der Waals surface area contributed by atoms with E-state index in [1.165, 1.54) is 0 Å². The van der Waals surface area contributed by atoms with Gasteiger partial charge in [-0.05, 0) is 5.56 Å². The van der Waals surface area contributed by atoms with Gasteiger partial charge in [0.25, 0.3) is 0 Å². The van der Waals surface area contributed by atoms with Gasteiger partial charge < -0.3 is 4.52 Å². The second kappa shape index (κ2) is 4.04. The third kappa shape index (κ3) is 2.35. The third-order valence-corrected chi connectivity index (χ3v) is 2.07. The predicted octanol–water partition coefficient (Wildman–Crippen LogP) is 3.40. The molecule has 0 aliphatic carbocycles. The lowest BCUT2D eigenvalue weighted by molar-refractivity contribution is -0.159. The average Bonchev–Trinajstić information content (AvgIpc) is 2.78. The molecule has 0 aliphatic heterocycles. The van der Waals surface area contributed by atoms with E-state index in [2.05, 4.69) is 21.2 Å². The molecule has 0 bridgehead atoms. The van der Waals surface area contributed by atoms with Crippen molar-refractivity contribution in [2.75, 3.05) is 0 Å². The minimum absolute atomic E-state index is 0.0899. The van der Waals surface area contributed by atoms with Crippen molar-refractivity contribution in [3.63, 3.8) is 0 Å². The normalized spacial score (nSPS) is 11.5. The molecule has 0 saturated heterocycles. The van der Waals surface area contributed by atoms with Crippen LogP contribution >= 0.6 is 0 Å². The molecule has 3 nitrogen and oxygen atoms in total. The van der Waals surface area contributed by atoms with Crippen LogP contribution in [0.3, 0.4) is 0 Å². The maximum absolute atomic E-state index is 12.2. The first-order valence-electron chi connectivity index (χ1n) is 4.64. The van der Waals surface area contributed by atoms with Crippen molar-refractivity contribution in [3.8, 4) is 11.4 Å². The molecular weight excluding hydrogens is 233 g/mol. The van der Waals surface area contributed by atoms with E-state index in [0.29, 0.717) is 5.56 Å². The fraction of sp³-hybridized carbons (Fsp3) is 0.0909. The summed E-state index contributed by atoms with van der Waals surface area (Å²) in [5.74, 6) is -1.44. The second-order valence-electron chi connectivity index (χ2n) is 3.25. The first-order chi connectivity index (χ1) is 8.00. The summed E-state index contributed by atoms with van der Waals surface area (Å²) >= 11 is 0. The third-order valence-electron chi connectivity index (χ3n) is 2.07. The molecule has 2 aromatic rings. The molecule has 0 amide bonds. The SMILES string of the molecule is C=Cc1ccc(-c2noc(C(F)(F)F)n2)cc1. The Balaban J connectivity index is 2.33. The van der Waals surface area contributed by atoms with E-state index in [1.54, 1.807) is 30.3 Å². The van der Waals surface area contributed by atoms with Crippen LogP contribution in [0.25, 0.3) is 17.5 Å². The molecule has 0 aliphatic rings. The highest BCUT2D eigenvalue weighted by atomic mass is 19.4. The van der Waals surface area contributed by atoms with Gasteiger partial charge in [-0.1, -0.05) is 42.1 Å². The fourth-order valence-corrected chi connectivity index (χ4v) is 1.22. The van der Waals surface area contributed by atoms with Gasteiger partial charge in [-0.3, -0.25) is 0 Å². The number of rotatable bonds is 2. The first-order valence-corrected chi connectivity index (χ1v) is 4.64. The van der Waals surface area contributed by atoms with Gasteiger partial charge in [0.1, 0.15) is 0 Å². The molecule has 2 rings (SSSR count). The second-order valence-corrected chi connectivity index (χ2v) is 3.25. The van der Waals surface area contributed by atoms with Crippen LogP contribution in [-0.2, 0) is 6.18 Å². The van der Waals surface area contributed by atoms with Crippen molar-refractivity contribution in [1.82, 2.24) is 10.1 Å². The van der Waals surface area contributed by atoms with E-state index in [0.717, 1.165) is 5.56 Å². The van der Waals surface area contributed by atoms with Gasteiger partial charge in [0.05, 0.1) is 0 Å². The van der Waals surface area contributed by atoms with Crippen LogP contribution in [0, 0.1) is 0 Å². The smallest absolute Gasteiger partial charge is 0.329 e. The zero-order valence-corrected chi connectivity index (χ0v) is 8.53. The van der Waals surface area contributed by atoms with Crippen LogP contribution < -0.4 is 0 Å². The molecule has 0 spiro atoms. The van der Waals surface area contributed by atoms with Crippen LogP contribution in [0.5, 0.6) is 0 Å². The Kier molecular flexibility index (Phi) is 2.71. The Hall–Kier alpha value is -2.11. The number of hydrogen-bond donors (Lipinski definition) is 0. The molecule has 0 atom stereocenters. The van der Waals surface area contributed by atoms with E-state index in [-0.39, 0.29) is 5.82 Å². The Morgan fingerprint density at radius 3 is 2.29 bits per heavy atom. The largest absolute Gasteiger partial charge is 0.471 e. The number of aromatic nitrogens is 2. The molecule has 0 N–H and O–H groups in total. The van der Waals surface area contributed by atoms with Crippen LogP contribution in [0.4, 0.5) is 13.2 Å². The lowest BCUT2D eigenvalue weighted by Gasteiger charge is -1.97. The highest BCUT2D eigenvalue weighted by Crippen LogP contribution is 2.29. The van der Waals surface area contributed by atoms with E-state index >= 15 is 0 Å². The molecule has 1 aromatic carbocycles.